The van der Waals surface area contributed by atoms with Crippen LogP contribution in [0.4, 0.5) is 13.2 Å². The number of fused-ring (bicyclic) bond motifs is 1. The van der Waals surface area contributed by atoms with Crippen LogP contribution < -0.4 is 4.74 Å². The molecule has 12 heteroatoms. The highest BCUT2D eigenvalue weighted by atomic mass is 32.2. The summed E-state index contributed by atoms with van der Waals surface area (Å²) in [4.78, 5) is 22.6. The first kappa shape index (κ1) is 26.4. The minimum absolute atomic E-state index is 0.0268. The molecule has 0 spiro atoms. The van der Waals surface area contributed by atoms with Gasteiger partial charge in [-0.05, 0) is 48.7 Å². The lowest BCUT2D eigenvalue weighted by Gasteiger charge is -2.26. The van der Waals surface area contributed by atoms with Crippen LogP contribution in [0.5, 0.6) is 5.75 Å². The van der Waals surface area contributed by atoms with Gasteiger partial charge in [0.1, 0.15) is 11.9 Å². The second-order valence-corrected chi connectivity index (χ2v) is 11.5. The van der Waals surface area contributed by atoms with Crippen molar-refractivity contribution in [3.63, 3.8) is 0 Å². The molecule has 0 bridgehead atoms. The molecule has 202 valence electrons. The largest absolute Gasteiger partial charge is 0.488 e. The van der Waals surface area contributed by atoms with E-state index < -0.39 is 26.6 Å². The zero-order valence-electron chi connectivity index (χ0n) is 20.6. The first-order chi connectivity index (χ1) is 18.0. The molecule has 0 aliphatic carbocycles. The average molecular weight is 550 g/mol. The molecule has 5 rings (SSSR count). The van der Waals surface area contributed by atoms with E-state index in [0.29, 0.717) is 61.2 Å². The lowest BCUT2D eigenvalue weighted by Crippen LogP contribution is -2.38. The van der Waals surface area contributed by atoms with Crippen LogP contribution in [-0.4, -0.2) is 67.9 Å². The minimum Gasteiger partial charge on any atom is -0.488 e. The third kappa shape index (κ3) is 5.46. The predicted molar refractivity (Wildman–Crippen MR) is 132 cm³/mol. The molecular formula is C26H26F3N3O5S. The van der Waals surface area contributed by atoms with Crippen LogP contribution in [0.25, 0.3) is 22.0 Å². The molecule has 3 aromatic rings. The van der Waals surface area contributed by atoms with Gasteiger partial charge < -0.3 is 14.4 Å². The summed E-state index contributed by atoms with van der Waals surface area (Å²) in [5.41, 5.74) is -0.293. The predicted octanol–water partition coefficient (Wildman–Crippen LogP) is 4.13. The maximum Gasteiger partial charge on any atom is 0.419 e. The highest BCUT2D eigenvalue weighted by molar-refractivity contribution is 7.90. The van der Waals surface area contributed by atoms with Gasteiger partial charge in [0, 0.05) is 61.7 Å². The topological polar surface area (TPSA) is 98.7 Å². The normalized spacial score (nSPS) is 19.2. The maximum absolute atomic E-state index is 13.7. The number of carbonyl (C=O) groups is 1. The summed E-state index contributed by atoms with van der Waals surface area (Å²) >= 11 is 0. The molecule has 0 saturated carbocycles. The van der Waals surface area contributed by atoms with Crippen LogP contribution >= 0.6 is 0 Å². The second-order valence-electron chi connectivity index (χ2n) is 9.58. The average Bonchev–Trinajstić information content (AvgIpc) is 3.35. The van der Waals surface area contributed by atoms with Crippen LogP contribution in [0.15, 0.2) is 47.8 Å². The number of hydrogen-bond donors (Lipinski definition) is 0. The van der Waals surface area contributed by atoms with Crippen LogP contribution in [0.3, 0.4) is 0 Å². The molecule has 0 radical (unpaired) electrons. The number of alkyl halides is 3. The number of benzene rings is 1. The van der Waals surface area contributed by atoms with E-state index in [1.54, 1.807) is 24.3 Å². The molecule has 38 heavy (non-hydrogen) atoms. The summed E-state index contributed by atoms with van der Waals surface area (Å²) in [6.07, 6.45) is 0.250. The lowest BCUT2D eigenvalue weighted by molar-refractivity contribution is -0.140. The number of carbonyl (C=O) groups excluding carboxylic acids is 1. The quantitative estimate of drug-likeness (QED) is 0.472. The molecule has 1 aromatic carbocycles. The fraction of sp³-hybridized carbons (Fsp3) is 0.423. The Hall–Kier alpha value is -3.25. The van der Waals surface area contributed by atoms with Crippen LogP contribution in [0.2, 0.25) is 0 Å². The van der Waals surface area contributed by atoms with E-state index in [1.807, 2.05) is 4.90 Å². The van der Waals surface area contributed by atoms with E-state index in [9.17, 15) is 26.4 Å². The van der Waals surface area contributed by atoms with E-state index in [-0.39, 0.29) is 23.5 Å². The van der Waals surface area contributed by atoms with E-state index in [4.69, 9.17) is 9.47 Å². The fourth-order valence-corrected chi connectivity index (χ4v) is 5.79. The van der Waals surface area contributed by atoms with Gasteiger partial charge >= 0.3 is 6.18 Å². The SMILES string of the molecule is CS(=O)(=O)c1ncc(-c2ccnc3ccc(O[C@H]4CCN(C(=O)C5CCOCC5)C4)cc23)cc1C(F)(F)F. The molecule has 1 atom stereocenters. The van der Waals surface area contributed by atoms with Crippen molar-refractivity contribution in [1.82, 2.24) is 14.9 Å². The number of halogens is 3. The first-order valence-corrected chi connectivity index (χ1v) is 14.1. The number of rotatable bonds is 5. The number of ether oxygens (including phenoxy) is 2. The summed E-state index contributed by atoms with van der Waals surface area (Å²) in [5, 5.41) is -0.489. The van der Waals surface area contributed by atoms with Crippen LogP contribution in [-0.2, 0) is 25.5 Å². The maximum atomic E-state index is 13.7. The second kappa shape index (κ2) is 10.1. The van der Waals surface area contributed by atoms with E-state index in [0.717, 1.165) is 25.1 Å². The Kier molecular flexibility index (Phi) is 7.03. The Balaban J connectivity index is 1.41. The van der Waals surface area contributed by atoms with Crippen molar-refractivity contribution in [2.75, 3.05) is 32.6 Å². The van der Waals surface area contributed by atoms with Crippen molar-refractivity contribution < 1.29 is 35.9 Å². The molecule has 2 saturated heterocycles. The van der Waals surface area contributed by atoms with E-state index in [1.165, 1.54) is 6.20 Å². The summed E-state index contributed by atoms with van der Waals surface area (Å²) in [6, 6.07) is 7.47. The smallest absolute Gasteiger partial charge is 0.419 e. The molecule has 2 aliphatic rings. The van der Waals surface area contributed by atoms with Gasteiger partial charge in [0.25, 0.3) is 0 Å². The molecule has 0 N–H and O–H groups in total. The number of sulfone groups is 1. The van der Waals surface area contributed by atoms with Gasteiger partial charge in [-0.25, -0.2) is 13.4 Å². The standard InChI is InChI=1S/C26H26F3N3O5S/c1-38(34,35)24-22(26(27,28)29)12-17(14-31-24)20-4-8-30-23-3-2-18(13-21(20)23)37-19-5-9-32(15-19)25(33)16-6-10-36-11-7-16/h2-4,8,12-14,16,19H,5-7,9-11,15H2,1H3/t19-/m0/s1. The van der Waals surface area contributed by atoms with Gasteiger partial charge in [-0.2, -0.15) is 13.2 Å². The summed E-state index contributed by atoms with van der Waals surface area (Å²) < 4.78 is 76.5. The molecule has 4 heterocycles. The molecule has 2 fully saturated rings. The van der Waals surface area contributed by atoms with Gasteiger partial charge in [-0.15, -0.1) is 0 Å². The van der Waals surface area contributed by atoms with Gasteiger partial charge in [-0.3, -0.25) is 9.78 Å². The zero-order chi connectivity index (χ0) is 27.1. The highest BCUT2D eigenvalue weighted by Gasteiger charge is 2.38. The molecular weight excluding hydrogens is 523 g/mol. The summed E-state index contributed by atoms with van der Waals surface area (Å²) in [6.45, 7) is 2.24. The Morgan fingerprint density at radius 1 is 1.11 bits per heavy atom. The van der Waals surface area contributed by atoms with Crippen molar-refractivity contribution in [1.29, 1.82) is 0 Å². The van der Waals surface area contributed by atoms with E-state index in [2.05, 4.69) is 9.97 Å². The van der Waals surface area contributed by atoms with Crippen molar-refractivity contribution in [3.8, 4) is 16.9 Å². The third-order valence-corrected chi connectivity index (χ3v) is 7.89. The minimum atomic E-state index is -4.91. The fourth-order valence-electron chi connectivity index (χ4n) is 4.97. The molecule has 2 aliphatic heterocycles. The molecule has 0 unspecified atom stereocenters. The number of amides is 1. The molecule has 2 aromatic heterocycles. The Bertz CT molecular complexity index is 1470. The summed E-state index contributed by atoms with van der Waals surface area (Å²) in [7, 11) is -4.19. The lowest BCUT2D eigenvalue weighted by atomic mass is 9.99. The number of pyridine rings is 2. The van der Waals surface area contributed by atoms with E-state index >= 15 is 0 Å². The number of nitrogens with zero attached hydrogens (tertiary/aromatic N) is 3. The Labute approximate surface area is 217 Å². The zero-order valence-corrected chi connectivity index (χ0v) is 21.4. The van der Waals surface area contributed by atoms with Gasteiger partial charge in [-0.1, -0.05) is 0 Å². The Morgan fingerprint density at radius 3 is 2.58 bits per heavy atom. The molecule has 1 amide bonds. The first-order valence-electron chi connectivity index (χ1n) is 12.2. The number of likely N-dealkylation sites (tertiary alicyclic amines) is 1. The van der Waals surface area contributed by atoms with Gasteiger partial charge in [0.15, 0.2) is 14.9 Å². The van der Waals surface area contributed by atoms with Gasteiger partial charge in [0.2, 0.25) is 5.91 Å². The Morgan fingerprint density at radius 2 is 1.87 bits per heavy atom. The number of aromatic nitrogens is 2. The van der Waals surface area contributed by atoms with Crippen LogP contribution in [0.1, 0.15) is 24.8 Å². The van der Waals surface area contributed by atoms with Crippen molar-refractivity contribution in [3.05, 3.63) is 48.3 Å². The van der Waals surface area contributed by atoms with Crippen molar-refractivity contribution in [2.45, 2.75) is 36.6 Å². The summed E-state index contributed by atoms with van der Waals surface area (Å²) in [5.74, 6) is 0.588. The monoisotopic (exact) mass is 549 g/mol. The van der Waals surface area contributed by atoms with Crippen LogP contribution in [0, 0.1) is 5.92 Å². The van der Waals surface area contributed by atoms with Crippen molar-refractivity contribution in [2.24, 2.45) is 5.92 Å². The van der Waals surface area contributed by atoms with Crippen molar-refractivity contribution >= 4 is 26.6 Å². The number of hydrogen-bond acceptors (Lipinski definition) is 7. The third-order valence-electron chi connectivity index (χ3n) is 6.86. The molecule has 8 nitrogen and oxygen atoms in total. The highest BCUT2D eigenvalue weighted by Crippen LogP contribution is 2.38. The van der Waals surface area contributed by atoms with Gasteiger partial charge in [0.05, 0.1) is 17.6 Å².